The Morgan fingerprint density at radius 3 is 2.46 bits per heavy atom. The van der Waals surface area contributed by atoms with Crippen molar-refractivity contribution in [2.75, 3.05) is 0 Å². The molecule has 0 radical (unpaired) electrons. The maximum atomic E-state index is 13.3. The summed E-state index contributed by atoms with van der Waals surface area (Å²) < 4.78 is 25.3. The van der Waals surface area contributed by atoms with Gasteiger partial charge in [0.2, 0.25) is 0 Å². The van der Waals surface area contributed by atoms with E-state index in [0.29, 0.717) is 12.8 Å². The van der Waals surface area contributed by atoms with Crippen LogP contribution in [0.5, 0.6) is 5.75 Å². The van der Waals surface area contributed by atoms with E-state index in [2.05, 4.69) is 0 Å². The largest absolute Gasteiger partial charge is 0.490 e. The fraction of sp³-hybridized carbons (Fsp3) is 0.435. The van der Waals surface area contributed by atoms with Crippen LogP contribution >= 0.6 is 0 Å². The molecule has 0 saturated carbocycles. The van der Waals surface area contributed by atoms with Gasteiger partial charge >= 0.3 is 5.97 Å². The van der Waals surface area contributed by atoms with Gasteiger partial charge in [-0.05, 0) is 69.4 Å². The van der Waals surface area contributed by atoms with Gasteiger partial charge in [0.15, 0.2) is 0 Å². The zero-order valence-electron chi connectivity index (χ0n) is 16.4. The topological polar surface area (TPSA) is 61.5 Å². The van der Waals surface area contributed by atoms with Gasteiger partial charge in [-0.15, -0.1) is 0 Å². The Morgan fingerprint density at radius 2 is 1.79 bits per heavy atom. The van der Waals surface area contributed by atoms with Gasteiger partial charge in [-0.25, -0.2) is 4.39 Å². The van der Waals surface area contributed by atoms with Crippen LogP contribution in [0.1, 0.15) is 37.3 Å². The minimum atomic E-state index is -0.605. The Labute approximate surface area is 165 Å². The van der Waals surface area contributed by atoms with Gasteiger partial charge in [-0.2, -0.15) is 0 Å². The van der Waals surface area contributed by atoms with E-state index in [-0.39, 0.29) is 29.9 Å². The van der Waals surface area contributed by atoms with Crippen molar-refractivity contribution in [1.29, 1.82) is 0 Å². The van der Waals surface area contributed by atoms with Crippen LogP contribution in [0.3, 0.4) is 0 Å². The summed E-state index contributed by atoms with van der Waals surface area (Å²) in [5.41, 5.74) is 8.10. The van der Waals surface area contributed by atoms with Gasteiger partial charge in [0.05, 0.1) is 0 Å². The molecule has 28 heavy (non-hydrogen) atoms. The molecule has 1 saturated heterocycles. The van der Waals surface area contributed by atoms with Crippen molar-refractivity contribution >= 4 is 5.97 Å². The summed E-state index contributed by atoms with van der Waals surface area (Å²) in [7, 11) is 0. The molecule has 2 aromatic carbocycles. The number of cyclic esters (lactones) is 1. The quantitative estimate of drug-likeness (QED) is 0.802. The third-order valence-electron chi connectivity index (χ3n) is 5.38. The molecule has 0 aromatic heterocycles. The monoisotopic (exact) mass is 385 g/mol. The van der Waals surface area contributed by atoms with E-state index in [0.717, 1.165) is 29.7 Å². The third kappa shape index (κ3) is 5.32. The molecular formula is C23H28FNO3. The lowest BCUT2D eigenvalue weighted by atomic mass is 9.87. The SMILES string of the molecule is Cc1ccc(OC2CCCC(N)C(=O)OC(C)C2Cc2ccc(F)cc2)cc1. The highest BCUT2D eigenvalue weighted by Crippen LogP contribution is 2.29. The Kier molecular flexibility index (Phi) is 6.68. The number of rotatable bonds is 4. The lowest BCUT2D eigenvalue weighted by Gasteiger charge is -2.31. The Bertz CT molecular complexity index is 775. The summed E-state index contributed by atoms with van der Waals surface area (Å²) in [6.45, 7) is 3.92. The van der Waals surface area contributed by atoms with Crippen LogP contribution in [-0.2, 0) is 16.0 Å². The highest BCUT2D eigenvalue weighted by Gasteiger charge is 2.34. The number of ether oxygens (including phenoxy) is 2. The molecule has 4 nitrogen and oxygen atoms in total. The standard InChI is InChI=1S/C23H28FNO3/c1-15-6-12-19(13-7-15)28-22-5-3-4-21(25)23(26)27-16(2)20(22)14-17-8-10-18(24)11-9-17/h6-13,16,20-22H,3-5,14,25H2,1-2H3. The van der Waals surface area contributed by atoms with Crippen LogP contribution in [0.25, 0.3) is 0 Å². The molecule has 0 aliphatic carbocycles. The highest BCUT2D eigenvalue weighted by molar-refractivity contribution is 5.75. The predicted octanol–water partition coefficient (Wildman–Crippen LogP) is 4.18. The maximum Gasteiger partial charge on any atom is 0.323 e. The first-order valence-electron chi connectivity index (χ1n) is 9.86. The summed E-state index contributed by atoms with van der Waals surface area (Å²) in [6, 6.07) is 13.8. The normalized spacial score (nSPS) is 25.9. The van der Waals surface area contributed by atoms with Crippen LogP contribution in [0.4, 0.5) is 4.39 Å². The maximum absolute atomic E-state index is 13.3. The lowest BCUT2D eigenvalue weighted by molar-refractivity contribution is -0.153. The van der Waals surface area contributed by atoms with E-state index in [4.69, 9.17) is 15.2 Å². The zero-order valence-corrected chi connectivity index (χ0v) is 16.4. The first-order valence-corrected chi connectivity index (χ1v) is 9.86. The molecule has 3 rings (SSSR count). The van der Waals surface area contributed by atoms with Gasteiger partial charge in [0.1, 0.15) is 29.8 Å². The van der Waals surface area contributed by atoms with Crippen molar-refractivity contribution < 1.29 is 18.7 Å². The number of nitrogens with two attached hydrogens (primary N) is 1. The van der Waals surface area contributed by atoms with Gasteiger partial charge in [0.25, 0.3) is 0 Å². The van der Waals surface area contributed by atoms with Crippen molar-refractivity contribution in [3.8, 4) is 5.75 Å². The summed E-state index contributed by atoms with van der Waals surface area (Å²) in [5, 5.41) is 0. The van der Waals surface area contributed by atoms with E-state index in [1.54, 1.807) is 12.1 Å². The number of hydrogen-bond donors (Lipinski definition) is 1. The smallest absolute Gasteiger partial charge is 0.323 e. The first kappa shape index (κ1) is 20.3. The number of benzene rings is 2. The molecule has 0 amide bonds. The number of halogens is 1. The molecule has 5 heteroatoms. The summed E-state index contributed by atoms with van der Waals surface area (Å²) in [6.07, 6.45) is 2.25. The average molecular weight is 385 g/mol. The number of esters is 1. The molecule has 1 aliphatic heterocycles. The highest BCUT2D eigenvalue weighted by atomic mass is 19.1. The van der Waals surface area contributed by atoms with Gasteiger partial charge in [-0.1, -0.05) is 29.8 Å². The van der Waals surface area contributed by atoms with Crippen molar-refractivity contribution in [2.45, 2.75) is 57.8 Å². The van der Waals surface area contributed by atoms with E-state index < -0.39 is 6.04 Å². The molecular weight excluding hydrogens is 357 g/mol. The van der Waals surface area contributed by atoms with Crippen LogP contribution in [0.15, 0.2) is 48.5 Å². The Morgan fingerprint density at radius 1 is 1.11 bits per heavy atom. The summed E-state index contributed by atoms with van der Waals surface area (Å²) >= 11 is 0. The van der Waals surface area contributed by atoms with Crippen LogP contribution in [-0.4, -0.2) is 24.2 Å². The molecule has 0 bridgehead atoms. The molecule has 1 fully saturated rings. The molecule has 2 aromatic rings. The molecule has 4 atom stereocenters. The molecule has 4 unspecified atom stereocenters. The van der Waals surface area contributed by atoms with Crippen LogP contribution in [0.2, 0.25) is 0 Å². The number of carbonyl (C=O) groups is 1. The Hall–Kier alpha value is -2.40. The third-order valence-corrected chi connectivity index (χ3v) is 5.38. The second-order valence-corrected chi connectivity index (χ2v) is 7.64. The summed E-state index contributed by atoms with van der Waals surface area (Å²) in [5.74, 6) is 0.0894. The first-order chi connectivity index (χ1) is 13.4. The van der Waals surface area contributed by atoms with Gasteiger partial charge in [-0.3, -0.25) is 4.79 Å². The van der Waals surface area contributed by atoms with Crippen molar-refractivity contribution in [3.05, 3.63) is 65.5 Å². The molecule has 1 aliphatic rings. The van der Waals surface area contributed by atoms with Crippen LogP contribution < -0.4 is 10.5 Å². The average Bonchev–Trinajstić information content (AvgIpc) is 2.71. The fourth-order valence-electron chi connectivity index (χ4n) is 3.66. The van der Waals surface area contributed by atoms with Crippen molar-refractivity contribution in [3.63, 3.8) is 0 Å². The second-order valence-electron chi connectivity index (χ2n) is 7.64. The predicted molar refractivity (Wildman–Crippen MR) is 107 cm³/mol. The van der Waals surface area contributed by atoms with E-state index in [1.807, 2.05) is 38.1 Å². The number of aryl methyl sites for hydroxylation is 1. The minimum absolute atomic E-state index is 0.0685. The van der Waals surface area contributed by atoms with E-state index >= 15 is 0 Å². The molecule has 150 valence electrons. The van der Waals surface area contributed by atoms with Gasteiger partial charge in [0, 0.05) is 5.92 Å². The molecule has 1 heterocycles. The second kappa shape index (κ2) is 9.20. The zero-order chi connectivity index (χ0) is 20.1. The van der Waals surface area contributed by atoms with Crippen molar-refractivity contribution in [2.24, 2.45) is 11.7 Å². The van der Waals surface area contributed by atoms with E-state index in [9.17, 15) is 9.18 Å². The molecule has 2 N–H and O–H groups in total. The van der Waals surface area contributed by atoms with Crippen molar-refractivity contribution in [1.82, 2.24) is 0 Å². The number of hydrogen-bond acceptors (Lipinski definition) is 4. The van der Waals surface area contributed by atoms with Gasteiger partial charge < -0.3 is 15.2 Å². The Balaban J connectivity index is 1.86. The van der Waals surface area contributed by atoms with E-state index in [1.165, 1.54) is 12.1 Å². The number of carbonyl (C=O) groups excluding carboxylic acids is 1. The van der Waals surface area contributed by atoms with Crippen LogP contribution in [0, 0.1) is 18.7 Å². The minimum Gasteiger partial charge on any atom is -0.490 e. The molecule has 0 spiro atoms. The summed E-state index contributed by atoms with van der Waals surface area (Å²) in [4.78, 5) is 12.2. The lowest BCUT2D eigenvalue weighted by Crippen LogP contribution is -2.40. The fourth-order valence-corrected chi connectivity index (χ4v) is 3.66.